The van der Waals surface area contributed by atoms with Gasteiger partial charge in [0.15, 0.2) is 23.0 Å². The van der Waals surface area contributed by atoms with Crippen molar-refractivity contribution in [1.82, 2.24) is 4.98 Å². The number of benzene rings is 2. The predicted molar refractivity (Wildman–Crippen MR) is 89.6 cm³/mol. The molecule has 1 aromatic heterocycles. The first-order valence-electron chi connectivity index (χ1n) is 8.02. The molecule has 25 heavy (non-hydrogen) atoms. The number of phenolic OH excluding ortho intramolecular Hbond substituents is 1. The van der Waals surface area contributed by atoms with Crippen molar-refractivity contribution in [1.29, 1.82) is 0 Å². The summed E-state index contributed by atoms with van der Waals surface area (Å²) in [6.07, 6.45) is 1.76. The molecule has 0 saturated heterocycles. The summed E-state index contributed by atoms with van der Waals surface area (Å²) in [7, 11) is 0. The summed E-state index contributed by atoms with van der Waals surface area (Å²) in [5.74, 6) is 2.36. The Morgan fingerprint density at radius 3 is 2.60 bits per heavy atom. The van der Waals surface area contributed by atoms with Crippen molar-refractivity contribution >= 4 is 10.8 Å². The van der Waals surface area contributed by atoms with Crippen molar-refractivity contribution in [3.8, 4) is 28.7 Å². The van der Waals surface area contributed by atoms with Gasteiger partial charge in [-0.15, -0.1) is 0 Å². The topological polar surface area (TPSA) is 70.0 Å². The average Bonchev–Trinajstić information content (AvgIpc) is 3.28. The van der Waals surface area contributed by atoms with Crippen LogP contribution in [0.1, 0.15) is 24.1 Å². The van der Waals surface area contributed by atoms with Crippen LogP contribution in [0, 0.1) is 0 Å². The Labute approximate surface area is 143 Å². The van der Waals surface area contributed by atoms with E-state index in [4.69, 9.17) is 18.9 Å². The fourth-order valence-corrected chi connectivity index (χ4v) is 3.40. The second kappa shape index (κ2) is 5.17. The van der Waals surface area contributed by atoms with E-state index in [1.807, 2.05) is 37.3 Å². The third-order valence-electron chi connectivity index (χ3n) is 4.71. The Morgan fingerprint density at radius 1 is 0.960 bits per heavy atom. The van der Waals surface area contributed by atoms with Gasteiger partial charge in [0.1, 0.15) is 0 Å². The van der Waals surface area contributed by atoms with Crippen molar-refractivity contribution in [3.63, 3.8) is 0 Å². The van der Waals surface area contributed by atoms with Gasteiger partial charge in [-0.1, -0.05) is 13.0 Å². The molecule has 0 aliphatic carbocycles. The number of fused-ring (bicyclic) bond motifs is 3. The van der Waals surface area contributed by atoms with E-state index >= 15 is 0 Å². The Balaban J connectivity index is 1.66. The van der Waals surface area contributed by atoms with E-state index in [1.54, 1.807) is 6.20 Å². The number of aromatic nitrogens is 1. The molecular formula is C19H15NO5. The van der Waals surface area contributed by atoms with Gasteiger partial charge in [0.05, 0.1) is 5.69 Å². The maximum atomic E-state index is 10.6. The molecule has 0 bridgehead atoms. The Morgan fingerprint density at radius 2 is 1.72 bits per heavy atom. The summed E-state index contributed by atoms with van der Waals surface area (Å²) in [4.78, 5) is 4.56. The van der Waals surface area contributed by atoms with Gasteiger partial charge >= 0.3 is 0 Å². The highest BCUT2D eigenvalue weighted by Gasteiger charge is 2.25. The van der Waals surface area contributed by atoms with Gasteiger partial charge in [0, 0.05) is 23.1 Å². The third-order valence-corrected chi connectivity index (χ3v) is 4.71. The molecule has 0 unspecified atom stereocenters. The van der Waals surface area contributed by atoms with E-state index in [0.717, 1.165) is 27.8 Å². The van der Waals surface area contributed by atoms with Crippen molar-refractivity contribution < 1.29 is 24.1 Å². The molecule has 0 saturated carbocycles. The molecule has 126 valence electrons. The van der Waals surface area contributed by atoms with Gasteiger partial charge in [-0.3, -0.25) is 4.98 Å². The highest BCUT2D eigenvalue weighted by Crippen LogP contribution is 2.46. The minimum atomic E-state index is -0.140. The Bertz CT molecular complexity index is 1000. The van der Waals surface area contributed by atoms with Gasteiger partial charge in [-0.2, -0.15) is 0 Å². The lowest BCUT2D eigenvalue weighted by Crippen LogP contribution is -2.01. The molecule has 2 aliphatic heterocycles. The van der Waals surface area contributed by atoms with Crippen LogP contribution in [0.25, 0.3) is 10.8 Å². The van der Waals surface area contributed by atoms with Crippen LogP contribution in [0.4, 0.5) is 0 Å². The highest BCUT2D eigenvalue weighted by atomic mass is 16.7. The van der Waals surface area contributed by atoms with Crippen LogP contribution in [0.5, 0.6) is 28.7 Å². The van der Waals surface area contributed by atoms with Crippen LogP contribution in [-0.2, 0) is 0 Å². The summed E-state index contributed by atoms with van der Waals surface area (Å²) >= 11 is 0. The molecule has 5 rings (SSSR count). The predicted octanol–water partition coefficient (Wildman–Crippen LogP) is 3.55. The standard InChI is InChI=1S/C19H15NO5/c1-10(12-2-3-14-19(18(12)21)25-9-22-14)17-13-7-16-15(23-8-24-16)6-11(13)4-5-20-17/h2-7,10,21H,8-9H2,1H3/t10-/m0/s1. The molecule has 1 atom stereocenters. The maximum absolute atomic E-state index is 10.6. The quantitative estimate of drug-likeness (QED) is 0.771. The number of hydrogen-bond donors (Lipinski definition) is 1. The largest absolute Gasteiger partial charge is 0.504 e. The van der Waals surface area contributed by atoms with Crippen LogP contribution in [0.2, 0.25) is 0 Å². The second-order valence-electron chi connectivity index (χ2n) is 6.08. The molecule has 2 aromatic carbocycles. The van der Waals surface area contributed by atoms with Crippen molar-refractivity contribution in [2.45, 2.75) is 12.8 Å². The SMILES string of the molecule is C[C@@H](c1ccc2c(c1O)OCO2)c1nccc2cc3c(cc12)OCO3. The molecular weight excluding hydrogens is 322 g/mol. The van der Waals surface area contributed by atoms with Crippen molar-refractivity contribution in [3.05, 3.63) is 47.8 Å². The average molecular weight is 337 g/mol. The minimum Gasteiger partial charge on any atom is -0.504 e. The van der Waals surface area contributed by atoms with Gasteiger partial charge in [0.2, 0.25) is 19.3 Å². The zero-order chi connectivity index (χ0) is 17.0. The van der Waals surface area contributed by atoms with E-state index in [2.05, 4.69) is 4.98 Å². The van der Waals surface area contributed by atoms with E-state index in [1.165, 1.54) is 0 Å². The summed E-state index contributed by atoms with van der Waals surface area (Å²) in [6.45, 7) is 2.35. The molecule has 0 amide bonds. The number of hydrogen-bond acceptors (Lipinski definition) is 6. The number of phenols is 1. The van der Waals surface area contributed by atoms with E-state index in [-0.39, 0.29) is 25.3 Å². The summed E-state index contributed by atoms with van der Waals surface area (Å²) in [5.41, 5.74) is 1.59. The number of ether oxygens (including phenoxy) is 4. The molecule has 0 radical (unpaired) electrons. The van der Waals surface area contributed by atoms with Crippen molar-refractivity contribution in [2.75, 3.05) is 13.6 Å². The molecule has 6 nitrogen and oxygen atoms in total. The first-order chi connectivity index (χ1) is 12.2. The fraction of sp³-hybridized carbons (Fsp3) is 0.211. The number of aromatic hydroxyl groups is 1. The summed E-state index contributed by atoms with van der Waals surface area (Å²) in [6, 6.07) is 9.50. The molecule has 3 aromatic rings. The molecule has 0 fully saturated rings. The highest BCUT2D eigenvalue weighted by molar-refractivity contribution is 5.89. The van der Waals surface area contributed by atoms with E-state index in [9.17, 15) is 5.11 Å². The number of pyridine rings is 1. The molecule has 0 spiro atoms. The lowest BCUT2D eigenvalue weighted by molar-refractivity contribution is 0.171. The number of nitrogens with zero attached hydrogens (tertiary/aromatic N) is 1. The summed E-state index contributed by atoms with van der Waals surface area (Å²) in [5, 5.41) is 12.6. The third kappa shape index (κ3) is 2.07. The van der Waals surface area contributed by atoms with Crippen LogP contribution in [-0.4, -0.2) is 23.7 Å². The molecule has 1 N–H and O–H groups in total. The smallest absolute Gasteiger partial charge is 0.231 e. The van der Waals surface area contributed by atoms with Gasteiger partial charge in [0.25, 0.3) is 0 Å². The van der Waals surface area contributed by atoms with Gasteiger partial charge in [-0.25, -0.2) is 0 Å². The van der Waals surface area contributed by atoms with E-state index in [0.29, 0.717) is 17.2 Å². The normalized spacial score (nSPS) is 15.6. The van der Waals surface area contributed by atoms with E-state index < -0.39 is 0 Å². The molecule has 2 aliphatic rings. The summed E-state index contributed by atoms with van der Waals surface area (Å²) < 4.78 is 21.6. The van der Waals surface area contributed by atoms with Crippen LogP contribution < -0.4 is 18.9 Å². The zero-order valence-corrected chi connectivity index (χ0v) is 13.5. The van der Waals surface area contributed by atoms with Gasteiger partial charge in [-0.05, 0) is 29.7 Å². The Hall–Kier alpha value is -3.15. The maximum Gasteiger partial charge on any atom is 0.231 e. The second-order valence-corrected chi connectivity index (χ2v) is 6.08. The van der Waals surface area contributed by atoms with Gasteiger partial charge < -0.3 is 24.1 Å². The number of rotatable bonds is 2. The van der Waals surface area contributed by atoms with Crippen LogP contribution in [0.15, 0.2) is 36.5 Å². The lowest BCUT2D eigenvalue weighted by Gasteiger charge is -2.16. The fourth-order valence-electron chi connectivity index (χ4n) is 3.40. The monoisotopic (exact) mass is 337 g/mol. The minimum absolute atomic E-state index is 0.0991. The van der Waals surface area contributed by atoms with Crippen LogP contribution >= 0.6 is 0 Å². The first-order valence-corrected chi connectivity index (χ1v) is 8.02. The van der Waals surface area contributed by atoms with Crippen LogP contribution in [0.3, 0.4) is 0 Å². The van der Waals surface area contributed by atoms with Crippen molar-refractivity contribution in [2.24, 2.45) is 0 Å². The molecule has 3 heterocycles. The zero-order valence-electron chi connectivity index (χ0n) is 13.5. The Kier molecular flexibility index (Phi) is 2.94. The molecule has 6 heteroatoms. The lowest BCUT2D eigenvalue weighted by atomic mass is 9.92. The first kappa shape index (κ1) is 14.2.